The SMILES string of the molecule is CCCCCCCCNS(=O)(=O)c1cnccc1NC. The lowest BCUT2D eigenvalue weighted by atomic mass is 10.1. The summed E-state index contributed by atoms with van der Waals surface area (Å²) in [6, 6.07) is 1.65. The van der Waals surface area contributed by atoms with E-state index in [1.165, 1.54) is 31.9 Å². The highest BCUT2D eigenvalue weighted by atomic mass is 32.2. The molecular weight excluding hydrogens is 274 g/mol. The number of nitrogens with zero attached hydrogens (tertiary/aromatic N) is 1. The van der Waals surface area contributed by atoms with E-state index in [4.69, 9.17) is 0 Å². The molecule has 6 heteroatoms. The summed E-state index contributed by atoms with van der Waals surface area (Å²) < 4.78 is 26.9. The van der Waals surface area contributed by atoms with Crippen LogP contribution in [0.4, 0.5) is 5.69 Å². The van der Waals surface area contributed by atoms with E-state index in [1.54, 1.807) is 19.3 Å². The molecule has 0 aliphatic heterocycles. The Hall–Kier alpha value is -1.14. The van der Waals surface area contributed by atoms with Crippen LogP contribution in [0.15, 0.2) is 23.4 Å². The van der Waals surface area contributed by atoms with Crippen molar-refractivity contribution in [3.8, 4) is 0 Å². The minimum atomic E-state index is -3.48. The van der Waals surface area contributed by atoms with E-state index in [-0.39, 0.29) is 4.90 Å². The van der Waals surface area contributed by atoms with Crippen molar-refractivity contribution < 1.29 is 8.42 Å². The van der Waals surface area contributed by atoms with Gasteiger partial charge in [0, 0.05) is 26.0 Å². The van der Waals surface area contributed by atoms with Crippen molar-refractivity contribution in [1.29, 1.82) is 0 Å². The van der Waals surface area contributed by atoms with Gasteiger partial charge in [0.2, 0.25) is 10.0 Å². The summed E-state index contributed by atoms with van der Waals surface area (Å²) >= 11 is 0. The number of aromatic nitrogens is 1. The smallest absolute Gasteiger partial charge is 0.244 e. The molecule has 0 aromatic carbocycles. The van der Waals surface area contributed by atoms with Crippen LogP contribution in [-0.4, -0.2) is 27.0 Å². The molecule has 0 atom stereocenters. The molecule has 20 heavy (non-hydrogen) atoms. The topological polar surface area (TPSA) is 71.1 Å². The molecule has 0 saturated carbocycles. The molecular formula is C14H25N3O2S. The molecule has 0 aliphatic rings. The van der Waals surface area contributed by atoms with E-state index >= 15 is 0 Å². The molecule has 1 heterocycles. The van der Waals surface area contributed by atoms with Crippen LogP contribution in [0.3, 0.4) is 0 Å². The molecule has 0 saturated heterocycles. The third-order valence-electron chi connectivity index (χ3n) is 3.17. The molecule has 2 N–H and O–H groups in total. The molecule has 0 aliphatic carbocycles. The lowest BCUT2D eigenvalue weighted by Crippen LogP contribution is -2.25. The minimum Gasteiger partial charge on any atom is -0.387 e. The van der Waals surface area contributed by atoms with E-state index in [0.717, 1.165) is 12.8 Å². The normalized spacial score (nSPS) is 11.5. The molecule has 1 aromatic rings. The van der Waals surface area contributed by atoms with Crippen LogP contribution < -0.4 is 10.0 Å². The van der Waals surface area contributed by atoms with Crippen LogP contribution in [0.1, 0.15) is 45.4 Å². The van der Waals surface area contributed by atoms with Gasteiger partial charge in [-0.25, -0.2) is 13.1 Å². The van der Waals surface area contributed by atoms with Gasteiger partial charge < -0.3 is 5.32 Å². The van der Waals surface area contributed by atoms with E-state index < -0.39 is 10.0 Å². The second-order valence-corrected chi connectivity index (χ2v) is 6.52. The fraction of sp³-hybridized carbons (Fsp3) is 0.643. The molecule has 0 unspecified atom stereocenters. The highest BCUT2D eigenvalue weighted by molar-refractivity contribution is 7.89. The monoisotopic (exact) mass is 299 g/mol. The first-order chi connectivity index (χ1) is 9.61. The van der Waals surface area contributed by atoms with Gasteiger partial charge in [0.05, 0.1) is 5.69 Å². The Bertz CT molecular complexity index is 489. The van der Waals surface area contributed by atoms with Crippen molar-refractivity contribution >= 4 is 15.7 Å². The summed E-state index contributed by atoms with van der Waals surface area (Å²) in [4.78, 5) is 4.08. The molecule has 0 amide bonds. The van der Waals surface area contributed by atoms with Crippen LogP contribution in [0.5, 0.6) is 0 Å². The maximum Gasteiger partial charge on any atom is 0.244 e. The Balaban J connectivity index is 2.42. The zero-order valence-electron chi connectivity index (χ0n) is 12.4. The van der Waals surface area contributed by atoms with Crippen LogP contribution >= 0.6 is 0 Å². The van der Waals surface area contributed by atoms with Crippen molar-refractivity contribution in [1.82, 2.24) is 9.71 Å². The highest BCUT2D eigenvalue weighted by Gasteiger charge is 2.17. The van der Waals surface area contributed by atoms with Crippen LogP contribution in [0, 0.1) is 0 Å². The zero-order chi connectivity index (χ0) is 14.8. The predicted octanol–water partition coefficient (Wildman–Crippen LogP) is 2.76. The predicted molar refractivity (Wildman–Crippen MR) is 82.3 cm³/mol. The average molecular weight is 299 g/mol. The van der Waals surface area contributed by atoms with Crippen molar-refractivity contribution in [2.75, 3.05) is 18.9 Å². The van der Waals surface area contributed by atoms with Crippen LogP contribution in [0.2, 0.25) is 0 Å². The van der Waals surface area contributed by atoms with E-state index in [0.29, 0.717) is 12.2 Å². The number of anilines is 1. The second kappa shape index (κ2) is 8.92. The third kappa shape index (κ3) is 5.46. The zero-order valence-corrected chi connectivity index (χ0v) is 13.2. The highest BCUT2D eigenvalue weighted by Crippen LogP contribution is 2.18. The standard InChI is InChI=1S/C14H25N3O2S/c1-3-4-5-6-7-8-10-17-20(18,19)14-12-16-11-9-13(14)15-2/h9,11-12,17H,3-8,10H2,1-2H3,(H,15,16). The van der Waals surface area contributed by atoms with Gasteiger partial charge in [-0.15, -0.1) is 0 Å². The summed E-state index contributed by atoms with van der Waals surface area (Å²) in [6.45, 7) is 2.66. The third-order valence-corrected chi connectivity index (χ3v) is 4.65. The Labute approximate surface area is 122 Å². The van der Waals surface area contributed by atoms with Crippen molar-refractivity contribution in [2.24, 2.45) is 0 Å². The Kier molecular flexibility index (Phi) is 7.54. The van der Waals surface area contributed by atoms with Gasteiger partial charge in [0.1, 0.15) is 4.90 Å². The number of pyridine rings is 1. The maximum absolute atomic E-state index is 12.2. The lowest BCUT2D eigenvalue weighted by molar-refractivity contribution is 0.567. The summed E-state index contributed by atoms with van der Waals surface area (Å²) in [7, 11) is -1.78. The van der Waals surface area contributed by atoms with Gasteiger partial charge in [0.15, 0.2) is 0 Å². The van der Waals surface area contributed by atoms with Crippen LogP contribution in [-0.2, 0) is 10.0 Å². The summed E-state index contributed by atoms with van der Waals surface area (Å²) in [5.74, 6) is 0. The van der Waals surface area contributed by atoms with Crippen molar-refractivity contribution in [2.45, 2.75) is 50.3 Å². The Morgan fingerprint density at radius 3 is 2.55 bits per heavy atom. The number of unbranched alkanes of at least 4 members (excludes halogenated alkanes) is 5. The van der Waals surface area contributed by atoms with E-state index in [1.807, 2.05) is 0 Å². The number of hydrogen-bond acceptors (Lipinski definition) is 4. The average Bonchev–Trinajstić information content (AvgIpc) is 2.46. The maximum atomic E-state index is 12.2. The molecule has 0 spiro atoms. The molecule has 1 rings (SSSR count). The van der Waals surface area contributed by atoms with Gasteiger partial charge in [-0.3, -0.25) is 4.98 Å². The summed E-state index contributed by atoms with van der Waals surface area (Å²) in [6.07, 6.45) is 9.76. The fourth-order valence-corrected chi connectivity index (χ4v) is 3.22. The quantitative estimate of drug-likeness (QED) is 0.652. The molecule has 0 radical (unpaired) electrons. The Morgan fingerprint density at radius 1 is 1.15 bits per heavy atom. The first-order valence-electron chi connectivity index (χ1n) is 7.23. The molecule has 0 fully saturated rings. The van der Waals surface area contributed by atoms with Gasteiger partial charge in [-0.1, -0.05) is 39.0 Å². The van der Waals surface area contributed by atoms with Gasteiger partial charge in [-0.05, 0) is 12.5 Å². The fourth-order valence-electron chi connectivity index (χ4n) is 1.99. The summed E-state index contributed by atoms with van der Waals surface area (Å²) in [5.41, 5.74) is 0.565. The number of sulfonamides is 1. The molecule has 0 bridgehead atoms. The number of hydrogen-bond donors (Lipinski definition) is 2. The first-order valence-corrected chi connectivity index (χ1v) is 8.71. The Morgan fingerprint density at radius 2 is 1.85 bits per heavy atom. The molecule has 114 valence electrons. The van der Waals surface area contributed by atoms with Gasteiger partial charge in [0.25, 0.3) is 0 Å². The van der Waals surface area contributed by atoms with E-state index in [9.17, 15) is 8.42 Å². The van der Waals surface area contributed by atoms with Crippen LogP contribution in [0.25, 0.3) is 0 Å². The first kappa shape index (κ1) is 16.9. The largest absolute Gasteiger partial charge is 0.387 e. The van der Waals surface area contributed by atoms with Gasteiger partial charge >= 0.3 is 0 Å². The number of nitrogens with one attached hydrogen (secondary N) is 2. The number of rotatable bonds is 10. The second-order valence-electron chi connectivity index (χ2n) is 4.79. The van der Waals surface area contributed by atoms with Crippen molar-refractivity contribution in [3.63, 3.8) is 0 Å². The molecule has 1 aromatic heterocycles. The minimum absolute atomic E-state index is 0.202. The van der Waals surface area contributed by atoms with Crippen molar-refractivity contribution in [3.05, 3.63) is 18.5 Å². The lowest BCUT2D eigenvalue weighted by Gasteiger charge is -2.10. The van der Waals surface area contributed by atoms with E-state index in [2.05, 4.69) is 21.9 Å². The summed E-state index contributed by atoms with van der Waals surface area (Å²) in [5, 5.41) is 2.87. The van der Waals surface area contributed by atoms with Gasteiger partial charge in [-0.2, -0.15) is 0 Å². The molecule has 5 nitrogen and oxygen atoms in total.